The minimum atomic E-state index is -0.512. The maximum atomic E-state index is 12.7. The highest BCUT2D eigenvalue weighted by Gasteiger charge is 2.42. The van der Waals surface area contributed by atoms with Crippen molar-refractivity contribution in [3.8, 4) is 0 Å². The molecule has 0 fully saturated rings. The number of primary amides is 1. The third-order valence-corrected chi connectivity index (χ3v) is 5.85. The normalized spacial score (nSPS) is 15.3. The molecule has 0 saturated heterocycles. The minimum absolute atomic E-state index is 0.121. The predicted molar refractivity (Wildman–Crippen MR) is 111 cm³/mol. The summed E-state index contributed by atoms with van der Waals surface area (Å²) in [6.07, 6.45) is 13.6. The van der Waals surface area contributed by atoms with Gasteiger partial charge in [-0.1, -0.05) is 86.0 Å². The molecule has 0 heterocycles. The second-order valence-corrected chi connectivity index (χ2v) is 7.86. The summed E-state index contributed by atoms with van der Waals surface area (Å²) in [5.74, 6) is 0.892. The van der Waals surface area contributed by atoms with Crippen molar-refractivity contribution in [2.45, 2.75) is 117 Å². The Balaban J connectivity index is 5.42. The van der Waals surface area contributed by atoms with Crippen LogP contribution in [0.2, 0.25) is 0 Å². The van der Waals surface area contributed by atoms with Gasteiger partial charge in [-0.15, -0.1) is 0 Å². The Morgan fingerprint density at radius 2 is 1.44 bits per heavy atom. The Labute approximate surface area is 157 Å². The summed E-state index contributed by atoms with van der Waals surface area (Å²) in [5, 5.41) is 3.75. The van der Waals surface area contributed by atoms with Crippen molar-refractivity contribution in [2.75, 3.05) is 6.54 Å². The van der Waals surface area contributed by atoms with Crippen LogP contribution in [0.1, 0.15) is 112 Å². The first kappa shape index (κ1) is 24.4. The van der Waals surface area contributed by atoms with Crippen LogP contribution in [-0.4, -0.2) is 18.0 Å². The van der Waals surface area contributed by atoms with Crippen LogP contribution in [0.4, 0.5) is 0 Å². The molecule has 0 aromatic heterocycles. The SMILES string of the molecule is CCCCC(CCCC)C(CCCC)(NCC(CC)CCC)C(N)=O. The third-order valence-electron chi connectivity index (χ3n) is 5.85. The fraction of sp³-hybridized carbons (Fsp3) is 0.955. The first-order chi connectivity index (χ1) is 12.0. The van der Waals surface area contributed by atoms with Crippen LogP contribution in [0, 0.1) is 11.8 Å². The molecule has 0 radical (unpaired) electrons. The molecule has 3 N–H and O–H groups in total. The van der Waals surface area contributed by atoms with Crippen LogP contribution in [0.25, 0.3) is 0 Å². The van der Waals surface area contributed by atoms with Crippen LogP contribution >= 0.6 is 0 Å². The van der Waals surface area contributed by atoms with Crippen molar-refractivity contribution in [1.82, 2.24) is 5.32 Å². The number of rotatable bonds is 17. The summed E-state index contributed by atoms with van der Waals surface area (Å²) in [7, 11) is 0. The average molecular weight is 355 g/mol. The summed E-state index contributed by atoms with van der Waals surface area (Å²) >= 11 is 0. The van der Waals surface area contributed by atoms with E-state index in [4.69, 9.17) is 5.73 Å². The summed E-state index contributed by atoms with van der Waals surface area (Å²) in [5.41, 5.74) is 5.54. The van der Waals surface area contributed by atoms with E-state index in [-0.39, 0.29) is 5.91 Å². The van der Waals surface area contributed by atoms with Gasteiger partial charge in [0.1, 0.15) is 5.54 Å². The maximum Gasteiger partial charge on any atom is 0.238 e. The molecule has 0 aromatic carbocycles. The van der Waals surface area contributed by atoms with Gasteiger partial charge in [-0.25, -0.2) is 0 Å². The van der Waals surface area contributed by atoms with Crippen LogP contribution in [0.15, 0.2) is 0 Å². The topological polar surface area (TPSA) is 55.1 Å². The molecule has 25 heavy (non-hydrogen) atoms. The Morgan fingerprint density at radius 1 is 0.880 bits per heavy atom. The molecule has 0 aliphatic rings. The number of nitrogens with two attached hydrogens (primary N) is 1. The Hall–Kier alpha value is -0.570. The Morgan fingerprint density at radius 3 is 1.84 bits per heavy atom. The van der Waals surface area contributed by atoms with E-state index in [0.717, 1.165) is 45.1 Å². The molecule has 0 bridgehead atoms. The van der Waals surface area contributed by atoms with Crippen LogP contribution in [0.5, 0.6) is 0 Å². The summed E-state index contributed by atoms with van der Waals surface area (Å²) in [4.78, 5) is 12.7. The number of nitrogens with one attached hydrogen (secondary N) is 1. The van der Waals surface area contributed by atoms with Crippen LogP contribution in [-0.2, 0) is 4.79 Å². The van der Waals surface area contributed by atoms with Gasteiger partial charge in [0, 0.05) is 0 Å². The molecule has 0 rings (SSSR count). The van der Waals surface area contributed by atoms with E-state index in [1.54, 1.807) is 0 Å². The highest BCUT2D eigenvalue weighted by molar-refractivity contribution is 5.85. The van der Waals surface area contributed by atoms with Gasteiger partial charge in [0.25, 0.3) is 0 Å². The molecule has 3 nitrogen and oxygen atoms in total. The minimum Gasteiger partial charge on any atom is -0.368 e. The third kappa shape index (κ3) is 8.57. The van der Waals surface area contributed by atoms with E-state index in [1.165, 1.54) is 38.5 Å². The van der Waals surface area contributed by atoms with Gasteiger partial charge in [-0.2, -0.15) is 0 Å². The van der Waals surface area contributed by atoms with E-state index in [2.05, 4.69) is 39.9 Å². The Kier molecular flexibility index (Phi) is 14.3. The van der Waals surface area contributed by atoms with Gasteiger partial charge >= 0.3 is 0 Å². The van der Waals surface area contributed by atoms with Crippen LogP contribution < -0.4 is 11.1 Å². The van der Waals surface area contributed by atoms with E-state index in [9.17, 15) is 4.79 Å². The molecule has 0 spiro atoms. The molecule has 0 aliphatic carbocycles. The quantitative estimate of drug-likeness (QED) is 0.346. The van der Waals surface area contributed by atoms with Crippen LogP contribution in [0.3, 0.4) is 0 Å². The van der Waals surface area contributed by atoms with Crippen molar-refractivity contribution >= 4 is 5.91 Å². The lowest BCUT2D eigenvalue weighted by Crippen LogP contribution is -2.61. The molecular weight excluding hydrogens is 308 g/mol. The zero-order valence-electron chi connectivity index (χ0n) is 17.8. The molecule has 2 unspecified atom stereocenters. The average Bonchev–Trinajstić information content (AvgIpc) is 2.61. The molecule has 2 atom stereocenters. The lowest BCUT2D eigenvalue weighted by atomic mass is 9.73. The fourth-order valence-electron chi connectivity index (χ4n) is 4.03. The van der Waals surface area contributed by atoms with Crippen molar-refractivity contribution in [3.05, 3.63) is 0 Å². The largest absolute Gasteiger partial charge is 0.368 e. The predicted octanol–water partition coefficient (Wildman–Crippen LogP) is 5.81. The van der Waals surface area contributed by atoms with Gasteiger partial charge in [-0.05, 0) is 44.1 Å². The van der Waals surface area contributed by atoms with E-state index in [0.29, 0.717) is 11.8 Å². The zero-order valence-corrected chi connectivity index (χ0v) is 17.8. The first-order valence-electron chi connectivity index (χ1n) is 11.1. The summed E-state index contributed by atoms with van der Waals surface area (Å²) < 4.78 is 0. The van der Waals surface area contributed by atoms with E-state index >= 15 is 0 Å². The summed E-state index contributed by atoms with van der Waals surface area (Å²) in [6.45, 7) is 12.1. The maximum absolute atomic E-state index is 12.7. The fourth-order valence-corrected chi connectivity index (χ4v) is 4.03. The summed E-state index contributed by atoms with van der Waals surface area (Å²) in [6, 6.07) is 0. The molecule has 0 aliphatic heterocycles. The van der Waals surface area contributed by atoms with E-state index < -0.39 is 5.54 Å². The van der Waals surface area contributed by atoms with Crippen molar-refractivity contribution in [3.63, 3.8) is 0 Å². The number of carbonyl (C=O) groups excluding carboxylic acids is 1. The molecule has 0 aromatic rings. The molecule has 3 heteroatoms. The number of amides is 1. The first-order valence-corrected chi connectivity index (χ1v) is 11.1. The van der Waals surface area contributed by atoms with Crippen molar-refractivity contribution in [2.24, 2.45) is 17.6 Å². The van der Waals surface area contributed by atoms with Gasteiger partial charge < -0.3 is 11.1 Å². The van der Waals surface area contributed by atoms with Gasteiger partial charge in [0.2, 0.25) is 5.91 Å². The molecular formula is C22H46N2O. The van der Waals surface area contributed by atoms with E-state index in [1.807, 2.05) is 0 Å². The van der Waals surface area contributed by atoms with Crippen molar-refractivity contribution in [1.29, 1.82) is 0 Å². The number of carbonyl (C=O) groups is 1. The lowest BCUT2D eigenvalue weighted by Gasteiger charge is -2.41. The monoisotopic (exact) mass is 354 g/mol. The highest BCUT2D eigenvalue weighted by atomic mass is 16.1. The second kappa shape index (κ2) is 14.6. The molecule has 1 amide bonds. The second-order valence-electron chi connectivity index (χ2n) is 7.86. The Bertz CT molecular complexity index is 324. The number of hydrogen-bond acceptors (Lipinski definition) is 2. The lowest BCUT2D eigenvalue weighted by molar-refractivity contribution is -0.127. The number of hydrogen-bond donors (Lipinski definition) is 2. The van der Waals surface area contributed by atoms with Gasteiger partial charge in [0.05, 0.1) is 0 Å². The highest BCUT2D eigenvalue weighted by Crippen LogP contribution is 2.33. The van der Waals surface area contributed by atoms with Gasteiger partial charge in [-0.3, -0.25) is 4.79 Å². The standard InChI is InChI=1S/C22H46N2O/c1-6-11-15-20(16-12-7-2)22(21(23)25,17-13-8-3)24-18-19(10-5)14-9-4/h19-20,24H,6-18H2,1-5H3,(H2,23,25). The van der Waals surface area contributed by atoms with Crippen molar-refractivity contribution < 1.29 is 4.79 Å². The molecule has 0 saturated carbocycles. The zero-order chi connectivity index (χ0) is 19.1. The molecule has 150 valence electrons. The van der Waals surface area contributed by atoms with Gasteiger partial charge in [0.15, 0.2) is 0 Å². The number of unbranched alkanes of at least 4 members (excludes halogenated alkanes) is 3. The smallest absolute Gasteiger partial charge is 0.238 e.